The fourth-order valence-corrected chi connectivity index (χ4v) is 2.35. The third-order valence-electron chi connectivity index (χ3n) is 3.40. The van der Waals surface area contributed by atoms with Crippen molar-refractivity contribution >= 4 is 0 Å². The summed E-state index contributed by atoms with van der Waals surface area (Å²) in [6, 6.07) is 19.3. The Bertz CT molecular complexity index is 456. The van der Waals surface area contributed by atoms with Crippen LogP contribution < -0.4 is 0 Å². The van der Waals surface area contributed by atoms with E-state index in [9.17, 15) is 0 Å². The van der Waals surface area contributed by atoms with Gasteiger partial charge in [-0.05, 0) is 36.0 Å². The van der Waals surface area contributed by atoms with Gasteiger partial charge in [-0.3, -0.25) is 0 Å². The zero-order valence-electron chi connectivity index (χ0n) is 13.2. The summed E-state index contributed by atoms with van der Waals surface area (Å²) >= 11 is 0. The summed E-state index contributed by atoms with van der Waals surface area (Å²) in [7, 11) is 0. The molecule has 0 radical (unpaired) electrons. The van der Waals surface area contributed by atoms with Crippen LogP contribution in [0.2, 0.25) is 0 Å². The van der Waals surface area contributed by atoms with Crippen molar-refractivity contribution in [2.75, 3.05) is 0 Å². The maximum atomic E-state index is 2.24. The first-order valence-corrected chi connectivity index (χ1v) is 7.92. The molecule has 2 aromatic carbocycles. The van der Waals surface area contributed by atoms with Crippen LogP contribution in [0.25, 0.3) is 0 Å². The van der Waals surface area contributed by atoms with E-state index in [0.717, 1.165) is 6.42 Å². The lowest BCUT2D eigenvalue weighted by atomic mass is 10.0. The van der Waals surface area contributed by atoms with E-state index in [4.69, 9.17) is 0 Å². The minimum atomic E-state index is 1.16. The van der Waals surface area contributed by atoms with Crippen LogP contribution in [0.4, 0.5) is 0 Å². The van der Waals surface area contributed by atoms with E-state index in [1.54, 1.807) is 0 Å². The second-order valence-corrected chi connectivity index (χ2v) is 5.11. The van der Waals surface area contributed by atoms with Gasteiger partial charge in [0, 0.05) is 0 Å². The molecule has 0 amide bonds. The van der Waals surface area contributed by atoms with E-state index in [0.29, 0.717) is 0 Å². The lowest BCUT2D eigenvalue weighted by Crippen LogP contribution is -1.90. The van der Waals surface area contributed by atoms with Crippen molar-refractivity contribution in [1.29, 1.82) is 0 Å². The fourth-order valence-electron chi connectivity index (χ4n) is 2.35. The Morgan fingerprint density at radius 2 is 1.15 bits per heavy atom. The van der Waals surface area contributed by atoms with Gasteiger partial charge in [-0.2, -0.15) is 0 Å². The molecular weight excluding hydrogens is 240 g/mol. The predicted octanol–water partition coefficient (Wildman–Crippen LogP) is 5.84. The quantitative estimate of drug-likeness (QED) is 0.639. The number of aryl methyl sites for hydroxylation is 3. The summed E-state index contributed by atoms with van der Waals surface area (Å²) in [4.78, 5) is 0. The van der Waals surface area contributed by atoms with Gasteiger partial charge < -0.3 is 0 Å². The van der Waals surface area contributed by atoms with E-state index in [-0.39, 0.29) is 0 Å². The van der Waals surface area contributed by atoms with Crippen LogP contribution >= 0.6 is 0 Å². The van der Waals surface area contributed by atoms with Crippen LogP contribution in [0.15, 0.2) is 54.6 Å². The Labute approximate surface area is 124 Å². The summed E-state index contributed by atoms with van der Waals surface area (Å²) in [5.74, 6) is 0. The fraction of sp³-hybridized carbons (Fsp3) is 0.400. The van der Waals surface area contributed by atoms with E-state index in [2.05, 4.69) is 75.4 Å². The van der Waals surface area contributed by atoms with Crippen LogP contribution in [-0.4, -0.2) is 0 Å². The highest BCUT2D eigenvalue weighted by Crippen LogP contribution is 2.10. The molecule has 2 rings (SSSR count). The standard InChI is InChI=1S/C11H16.C9H12/c1-3-7-11-9-6-5-8-10(11)4-2;1-2-6-9-7-4-3-5-8-9/h5-6,8-9H,3-4,7H2,1-2H3;3-5,7-8H,2,6H2,1H3. The highest BCUT2D eigenvalue weighted by Gasteiger charge is 1.96. The molecule has 0 bridgehead atoms. The van der Waals surface area contributed by atoms with Gasteiger partial charge >= 0.3 is 0 Å². The Balaban J connectivity index is 0.000000204. The molecule has 0 unspecified atom stereocenters. The number of rotatable bonds is 5. The molecule has 0 heteroatoms. The minimum absolute atomic E-state index is 1.16. The Morgan fingerprint density at radius 3 is 1.70 bits per heavy atom. The Morgan fingerprint density at radius 1 is 0.600 bits per heavy atom. The summed E-state index contributed by atoms with van der Waals surface area (Å²) in [6.07, 6.45) is 6.09. The van der Waals surface area contributed by atoms with E-state index < -0.39 is 0 Å². The summed E-state index contributed by atoms with van der Waals surface area (Å²) in [5.41, 5.74) is 4.48. The van der Waals surface area contributed by atoms with Crippen LogP contribution in [0.3, 0.4) is 0 Å². The molecule has 20 heavy (non-hydrogen) atoms. The van der Waals surface area contributed by atoms with Crippen molar-refractivity contribution in [2.45, 2.75) is 52.9 Å². The van der Waals surface area contributed by atoms with Crippen LogP contribution in [-0.2, 0) is 19.3 Å². The van der Waals surface area contributed by atoms with Crippen molar-refractivity contribution < 1.29 is 0 Å². The van der Waals surface area contributed by atoms with Crippen molar-refractivity contribution in [1.82, 2.24) is 0 Å². The third-order valence-corrected chi connectivity index (χ3v) is 3.40. The summed E-state index contributed by atoms with van der Waals surface area (Å²) in [6.45, 7) is 6.65. The van der Waals surface area contributed by atoms with E-state index >= 15 is 0 Å². The zero-order valence-corrected chi connectivity index (χ0v) is 13.2. The van der Waals surface area contributed by atoms with Gasteiger partial charge in [-0.1, -0.05) is 88.2 Å². The molecule has 0 spiro atoms. The van der Waals surface area contributed by atoms with Gasteiger partial charge in [0.1, 0.15) is 0 Å². The SMILES string of the molecule is CCCc1ccccc1.CCCc1ccccc1CC. The second kappa shape index (κ2) is 10.3. The van der Waals surface area contributed by atoms with Gasteiger partial charge in [-0.25, -0.2) is 0 Å². The van der Waals surface area contributed by atoms with Gasteiger partial charge in [-0.15, -0.1) is 0 Å². The first-order valence-electron chi connectivity index (χ1n) is 7.92. The third kappa shape index (κ3) is 6.06. The first kappa shape index (κ1) is 16.5. The van der Waals surface area contributed by atoms with Crippen molar-refractivity contribution in [3.05, 3.63) is 71.3 Å². The highest BCUT2D eigenvalue weighted by molar-refractivity contribution is 5.26. The molecule has 0 aliphatic rings. The predicted molar refractivity (Wildman–Crippen MR) is 90.3 cm³/mol. The van der Waals surface area contributed by atoms with E-state index in [1.165, 1.54) is 42.4 Å². The van der Waals surface area contributed by atoms with Crippen molar-refractivity contribution in [3.63, 3.8) is 0 Å². The lowest BCUT2D eigenvalue weighted by Gasteiger charge is -2.04. The summed E-state index contributed by atoms with van der Waals surface area (Å²) < 4.78 is 0. The molecule has 0 nitrogen and oxygen atoms in total. The molecule has 0 aliphatic heterocycles. The number of hydrogen-bond acceptors (Lipinski definition) is 0. The van der Waals surface area contributed by atoms with Crippen molar-refractivity contribution in [2.24, 2.45) is 0 Å². The lowest BCUT2D eigenvalue weighted by molar-refractivity contribution is 0.899. The molecule has 0 aliphatic carbocycles. The van der Waals surface area contributed by atoms with Crippen molar-refractivity contribution in [3.8, 4) is 0 Å². The number of benzene rings is 2. The van der Waals surface area contributed by atoms with Gasteiger partial charge in [0.05, 0.1) is 0 Å². The molecule has 108 valence electrons. The average molecular weight is 268 g/mol. The molecule has 0 saturated heterocycles. The molecule has 0 N–H and O–H groups in total. The second-order valence-electron chi connectivity index (χ2n) is 5.11. The largest absolute Gasteiger partial charge is 0.0651 e. The van der Waals surface area contributed by atoms with Gasteiger partial charge in [0.15, 0.2) is 0 Å². The molecule has 0 fully saturated rings. The zero-order chi connectivity index (χ0) is 14.6. The minimum Gasteiger partial charge on any atom is -0.0651 e. The average Bonchev–Trinajstić information content (AvgIpc) is 2.50. The monoisotopic (exact) mass is 268 g/mol. The Hall–Kier alpha value is -1.56. The van der Waals surface area contributed by atoms with Gasteiger partial charge in [0.2, 0.25) is 0 Å². The van der Waals surface area contributed by atoms with Crippen LogP contribution in [0.5, 0.6) is 0 Å². The smallest absolute Gasteiger partial charge is 0.0279 e. The molecular formula is C20H28. The van der Waals surface area contributed by atoms with Gasteiger partial charge in [0.25, 0.3) is 0 Å². The normalized spacial score (nSPS) is 9.75. The molecule has 0 atom stereocenters. The topological polar surface area (TPSA) is 0 Å². The summed E-state index contributed by atoms with van der Waals surface area (Å²) in [5, 5.41) is 0. The van der Waals surface area contributed by atoms with E-state index in [1.807, 2.05) is 0 Å². The molecule has 0 heterocycles. The van der Waals surface area contributed by atoms with Crippen LogP contribution in [0, 0.1) is 0 Å². The Kier molecular flexibility index (Phi) is 8.46. The molecule has 2 aromatic rings. The molecule has 0 aromatic heterocycles. The molecule has 0 saturated carbocycles. The first-order chi connectivity index (χ1) is 9.81. The number of hydrogen-bond donors (Lipinski definition) is 0. The maximum absolute atomic E-state index is 2.24. The maximum Gasteiger partial charge on any atom is -0.0279 e. The van der Waals surface area contributed by atoms with Crippen LogP contribution in [0.1, 0.15) is 50.3 Å². The highest BCUT2D eigenvalue weighted by atomic mass is 14.0.